The first kappa shape index (κ1) is 26.4. The number of nitrogens with zero attached hydrogens (tertiary/aromatic N) is 3. The van der Waals surface area contributed by atoms with Crippen LogP contribution in [-0.4, -0.2) is 54.2 Å². The number of rotatable bonds is 7. The molecular formula is C24H23Cl2N3O5S2. The van der Waals surface area contributed by atoms with Gasteiger partial charge in [0.25, 0.3) is 10.0 Å². The monoisotopic (exact) mass is 567 g/mol. The van der Waals surface area contributed by atoms with Crippen molar-refractivity contribution < 1.29 is 21.6 Å². The van der Waals surface area contributed by atoms with Gasteiger partial charge in [-0.3, -0.25) is 9.10 Å². The van der Waals surface area contributed by atoms with Crippen LogP contribution in [0.5, 0.6) is 0 Å². The van der Waals surface area contributed by atoms with Gasteiger partial charge in [0, 0.05) is 31.4 Å². The first-order chi connectivity index (χ1) is 16.9. The Kier molecular flexibility index (Phi) is 7.36. The zero-order valence-electron chi connectivity index (χ0n) is 19.4. The van der Waals surface area contributed by atoms with E-state index in [1.807, 2.05) is 0 Å². The molecule has 0 radical (unpaired) electrons. The smallest absolute Gasteiger partial charge is 0.264 e. The number of benzene rings is 3. The summed E-state index contributed by atoms with van der Waals surface area (Å²) < 4.78 is 54.2. The number of carbonyl (C=O) groups excluding carboxylic acids is 1. The van der Waals surface area contributed by atoms with E-state index in [2.05, 4.69) is 0 Å². The molecule has 8 nitrogen and oxygen atoms in total. The lowest BCUT2D eigenvalue weighted by atomic mass is 10.2. The molecule has 190 valence electrons. The molecule has 1 amide bonds. The molecule has 0 unspecified atom stereocenters. The third kappa shape index (κ3) is 4.96. The molecule has 0 fully saturated rings. The average Bonchev–Trinajstić information content (AvgIpc) is 3.27. The Balaban J connectivity index is 1.70. The van der Waals surface area contributed by atoms with Crippen molar-refractivity contribution in [3.05, 3.63) is 82.3 Å². The molecule has 0 atom stereocenters. The summed E-state index contributed by atoms with van der Waals surface area (Å²) in [7, 11) is -4.89. The van der Waals surface area contributed by atoms with E-state index in [0.29, 0.717) is 22.7 Å². The van der Waals surface area contributed by atoms with E-state index < -0.39 is 32.5 Å². The van der Waals surface area contributed by atoms with Crippen molar-refractivity contribution in [3.8, 4) is 0 Å². The van der Waals surface area contributed by atoms with Gasteiger partial charge in [0.15, 0.2) is 0 Å². The Morgan fingerprint density at radius 2 is 1.58 bits per heavy atom. The van der Waals surface area contributed by atoms with E-state index in [4.69, 9.17) is 23.2 Å². The van der Waals surface area contributed by atoms with Gasteiger partial charge in [0.05, 0.1) is 20.5 Å². The van der Waals surface area contributed by atoms with Crippen LogP contribution in [-0.2, 0) is 31.3 Å². The maximum atomic E-state index is 13.6. The lowest BCUT2D eigenvalue weighted by molar-refractivity contribution is -0.117. The number of hydrogen-bond donors (Lipinski definition) is 0. The summed E-state index contributed by atoms with van der Waals surface area (Å²) in [6.45, 7) is -0.233. The van der Waals surface area contributed by atoms with E-state index >= 15 is 0 Å². The van der Waals surface area contributed by atoms with Gasteiger partial charge in [-0.05, 0) is 60.5 Å². The van der Waals surface area contributed by atoms with Gasteiger partial charge in [-0.2, -0.15) is 0 Å². The van der Waals surface area contributed by atoms with E-state index in [-0.39, 0.29) is 27.0 Å². The number of halogens is 2. The number of amides is 1. The van der Waals surface area contributed by atoms with Crippen LogP contribution < -0.4 is 9.21 Å². The Hall–Kier alpha value is -2.63. The largest absolute Gasteiger partial charge is 0.310 e. The third-order valence-electron chi connectivity index (χ3n) is 5.81. The van der Waals surface area contributed by atoms with Gasteiger partial charge in [0.1, 0.15) is 6.54 Å². The Labute approximate surface area is 220 Å². The molecule has 0 N–H and O–H groups in total. The molecule has 1 aliphatic heterocycles. The van der Waals surface area contributed by atoms with Crippen LogP contribution in [0, 0.1) is 0 Å². The third-order valence-corrected chi connectivity index (χ3v) is 9.94. The molecule has 12 heteroatoms. The quantitative estimate of drug-likeness (QED) is 0.429. The molecule has 0 aliphatic carbocycles. The van der Waals surface area contributed by atoms with Crippen molar-refractivity contribution in [1.29, 1.82) is 0 Å². The van der Waals surface area contributed by atoms with Crippen molar-refractivity contribution in [2.24, 2.45) is 0 Å². The summed E-state index contributed by atoms with van der Waals surface area (Å²) in [6.07, 6.45) is 0.436. The summed E-state index contributed by atoms with van der Waals surface area (Å²) in [6, 6.07) is 16.7. The van der Waals surface area contributed by atoms with Crippen molar-refractivity contribution >= 4 is 60.5 Å². The van der Waals surface area contributed by atoms with Crippen LogP contribution in [0.3, 0.4) is 0 Å². The fourth-order valence-corrected chi connectivity index (χ4v) is 6.89. The van der Waals surface area contributed by atoms with Crippen molar-refractivity contribution in [2.45, 2.75) is 16.2 Å². The Bertz CT molecular complexity index is 1530. The highest BCUT2D eigenvalue weighted by Gasteiger charge is 2.33. The molecular weight excluding hydrogens is 545 g/mol. The molecule has 0 saturated carbocycles. The van der Waals surface area contributed by atoms with Gasteiger partial charge in [-0.25, -0.2) is 21.1 Å². The maximum absolute atomic E-state index is 13.6. The van der Waals surface area contributed by atoms with E-state index in [9.17, 15) is 21.6 Å². The van der Waals surface area contributed by atoms with Crippen LogP contribution in [0.4, 0.5) is 11.4 Å². The number of sulfonamides is 2. The minimum absolute atomic E-state index is 0.00386. The molecule has 0 aromatic heterocycles. The summed E-state index contributed by atoms with van der Waals surface area (Å²) in [5.41, 5.74) is 1.34. The molecule has 36 heavy (non-hydrogen) atoms. The molecule has 0 bridgehead atoms. The van der Waals surface area contributed by atoms with Crippen LogP contribution >= 0.6 is 23.2 Å². The zero-order valence-corrected chi connectivity index (χ0v) is 22.6. The second-order valence-corrected chi connectivity index (χ2v) is 13.2. The van der Waals surface area contributed by atoms with Crippen molar-refractivity contribution in [3.63, 3.8) is 0 Å². The standard InChI is InChI=1S/C24H23Cl2N3O5S2/c1-27(2)35(31,32)20-9-11-22-17(14-20)12-13-28(22)24(30)16-29(23-10-8-18(25)15-21(23)26)36(33,34)19-6-4-3-5-7-19/h3-11,14-15H,12-13,16H2,1-2H3. The molecule has 1 heterocycles. The van der Waals surface area contributed by atoms with E-state index in [1.165, 1.54) is 55.4 Å². The van der Waals surface area contributed by atoms with Gasteiger partial charge >= 0.3 is 0 Å². The van der Waals surface area contributed by atoms with E-state index in [1.54, 1.807) is 30.3 Å². The van der Waals surface area contributed by atoms with Crippen molar-refractivity contribution in [2.75, 3.05) is 36.4 Å². The molecule has 4 rings (SSSR count). The van der Waals surface area contributed by atoms with Gasteiger partial charge in [0.2, 0.25) is 15.9 Å². The van der Waals surface area contributed by atoms with Gasteiger partial charge in [-0.15, -0.1) is 0 Å². The first-order valence-corrected chi connectivity index (χ1v) is 14.4. The van der Waals surface area contributed by atoms with Crippen LogP contribution in [0.2, 0.25) is 10.0 Å². The molecule has 1 aliphatic rings. The van der Waals surface area contributed by atoms with Crippen LogP contribution in [0.1, 0.15) is 5.56 Å². The highest BCUT2D eigenvalue weighted by atomic mass is 35.5. The van der Waals surface area contributed by atoms with Crippen LogP contribution in [0.25, 0.3) is 0 Å². The first-order valence-electron chi connectivity index (χ1n) is 10.8. The SMILES string of the molecule is CN(C)S(=O)(=O)c1ccc2c(c1)CCN2C(=O)CN(c1ccc(Cl)cc1Cl)S(=O)(=O)c1ccccc1. The highest BCUT2D eigenvalue weighted by Crippen LogP contribution is 2.35. The number of anilines is 2. The predicted molar refractivity (Wildman–Crippen MR) is 141 cm³/mol. The normalized spacial score (nSPS) is 13.6. The minimum atomic E-state index is -4.15. The molecule has 3 aromatic carbocycles. The maximum Gasteiger partial charge on any atom is 0.264 e. The fraction of sp³-hybridized carbons (Fsp3) is 0.208. The predicted octanol–water partition coefficient (Wildman–Crippen LogP) is 4.03. The van der Waals surface area contributed by atoms with E-state index in [0.717, 1.165) is 8.61 Å². The number of fused-ring (bicyclic) bond motifs is 1. The average molecular weight is 569 g/mol. The summed E-state index contributed by atoms with van der Waals surface area (Å²) in [5.74, 6) is -0.484. The number of hydrogen-bond acceptors (Lipinski definition) is 5. The zero-order chi connectivity index (χ0) is 26.3. The Morgan fingerprint density at radius 3 is 2.22 bits per heavy atom. The number of carbonyl (C=O) groups is 1. The topological polar surface area (TPSA) is 95.1 Å². The summed E-state index contributed by atoms with van der Waals surface area (Å²) >= 11 is 12.4. The lowest BCUT2D eigenvalue weighted by Gasteiger charge is -2.27. The van der Waals surface area contributed by atoms with Gasteiger partial charge < -0.3 is 4.90 Å². The summed E-state index contributed by atoms with van der Waals surface area (Å²) in [4.78, 5) is 15.0. The molecule has 3 aromatic rings. The Morgan fingerprint density at radius 1 is 0.889 bits per heavy atom. The fourth-order valence-electron chi connectivity index (χ4n) is 3.92. The second kappa shape index (κ2) is 10.0. The molecule has 0 saturated heterocycles. The van der Waals surface area contributed by atoms with Gasteiger partial charge in [-0.1, -0.05) is 41.4 Å². The minimum Gasteiger partial charge on any atom is -0.310 e. The van der Waals surface area contributed by atoms with Crippen molar-refractivity contribution in [1.82, 2.24) is 4.31 Å². The molecule has 0 spiro atoms. The lowest BCUT2D eigenvalue weighted by Crippen LogP contribution is -2.42. The van der Waals surface area contributed by atoms with Crippen LogP contribution in [0.15, 0.2) is 76.5 Å². The summed E-state index contributed by atoms with van der Waals surface area (Å²) in [5, 5.41) is 0.402. The second-order valence-electron chi connectivity index (χ2n) is 8.29. The highest BCUT2D eigenvalue weighted by molar-refractivity contribution is 7.93.